The second-order valence-electron chi connectivity index (χ2n) is 4.79. The van der Waals surface area contributed by atoms with E-state index in [1.165, 1.54) is 32.1 Å². The van der Waals surface area contributed by atoms with E-state index in [0.29, 0.717) is 11.2 Å². The van der Waals surface area contributed by atoms with Gasteiger partial charge in [-0.15, -0.1) is 0 Å². The van der Waals surface area contributed by atoms with E-state index in [9.17, 15) is 0 Å². The maximum absolute atomic E-state index is 5.28. The van der Waals surface area contributed by atoms with E-state index in [4.69, 9.17) is 17.0 Å². The molecule has 1 fully saturated rings. The van der Waals surface area contributed by atoms with Gasteiger partial charge in [0.2, 0.25) is 0 Å². The number of hydrogen-bond acceptors (Lipinski definition) is 3. The Balaban J connectivity index is 1.76. The normalized spacial score (nSPS) is 15.6. The first-order valence-corrected chi connectivity index (χ1v) is 7.15. The van der Waals surface area contributed by atoms with Crippen molar-refractivity contribution in [2.24, 2.45) is 0 Å². The third-order valence-electron chi connectivity index (χ3n) is 3.33. The summed E-state index contributed by atoms with van der Waals surface area (Å²) < 4.78 is 5.17. The lowest BCUT2D eigenvalue weighted by Crippen LogP contribution is -2.44. The van der Waals surface area contributed by atoms with Crippen molar-refractivity contribution in [3.8, 4) is 5.75 Å². The molecule has 0 bridgehead atoms. The van der Waals surface area contributed by atoms with Gasteiger partial charge in [0, 0.05) is 12.1 Å². The lowest BCUT2D eigenvalue weighted by atomic mass is 9.96. The minimum Gasteiger partial charge on any atom is -0.497 e. The summed E-state index contributed by atoms with van der Waals surface area (Å²) in [5.74, 6) is 0.818. The summed E-state index contributed by atoms with van der Waals surface area (Å²) in [7, 11) is 1.65. The van der Waals surface area contributed by atoms with Crippen LogP contribution in [0.3, 0.4) is 0 Å². The molecule has 1 saturated carbocycles. The van der Waals surface area contributed by atoms with E-state index in [2.05, 4.69) is 16.2 Å². The predicted molar refractivity (Wildman–Crippen MR) is 82.4 cm³/mol. The van der Waals surface area contributed by atoms with Gasteiger partial charge in [0.15, 0.2) is 5.11 Å². The van der Waals surface area contributed by atoms with Gasteiger partial charge in [-0.25, -0.2) is 0 Å². The fraction of sp³-hybridized carbons (Fsp3) is 0.500. The number of ether oxygens (including phenoxy) is 1. The molecule has 4 nitrogen and oxygen atoms in total. The molecule has 104 valence electrons. The van der Waals surface area contributed by atoms with Crippen LogP contribution in [0.25, 0.3) is 0 Å². The maximum Gasteiger partial charge on any atom is 0.185 e. The number of methoxy groups -OCH3 is 1. The molecule has 0 aliphatic heterocycles. The van der Waals surface area contributed by atoms with Crippen molar-refractivity contribution >= 4 is 23.0 Å². The maximum atomic E-state index is 5.28. The molecular formula is C14H21N3OS. The van der Waals surface area contributed by atoms with Crippen molar-refractivity contribution in [2.45, 2.75) is 38.1 Å². The average molecular weight is 279 g/mol. The molecule has 0 saturated heterocycles. The van der Waals surface area contributed by atoms with Crippen molar-refractivity contribution in [1.82, 2.24) is 10.7 Å². The molecule has 1 aliphatic carbocycles. The van der Waals surface area contributed by atoms with Crippen LogP contribution in [0.1, 0.15) is 32.1 Å². The summed E-state index contributed by atoms with van der Waals surface area (Å²) >= 11 is 5.28. The highest BCUT2D eigenvalue weighted by molar-refractivity contribution is 7.80. The zero-order chi connectivity index (χ0) is 13.5. The van der Waals surface area contributed by atoms with E-state index < -0.39 is 0 Å². The molecule has 0 heterocycles. The van der Waals surface area contributed by atoms with Crippen molar-refractivity contribution in [3.63, 3.8) is 0 Å². The van der Waals surface area contributed by atoms with Crippen LogP contribution in [0.4, 0.5) is 5.69 Å². The highest BCUT2D eigenvalue weighted by atomic mass is 32.1. The topological polar surface area (TPSA) is 45.3 Å². The molecule has 1 aromatic carbocycles. The van der Waals surface area contributed by atoms with Gasteiger partial charge in [0.05, 0.1) is 12.8 Å². The zero-order valence-corrected chi connectivity index (χ0v) is 12.1. The molecule has 0 spiro atoms. The first-order chi connectivity index (χ1) is 9.28. The van der Waals surface area contributed by atoms with Gasteiger partial charge in [-0.1, -0.05) is 25.3 Å². The Kier molecular flexibility index (Phi) is 5.27. The largest absolute Gasteiger partial charge is 0.497 e. The van der Waals surface area contributed by atoms with Crippen LogP contribution in [0.2, 0.25) is 0 Å². The Morgan fingerprint density at radius 2 is 2.05 bits per heavy atom. The molecule has 1 aromatic rings. The van der Waals surface area contributed by atoms with Gasteiger partial charge in [0.1, 0.15) is 5.75 Å². The third kappa shape index (κ3) is 4.59. The van der Waals surface area contributed by atoms with Gasteiger partial charge < -0.3 is 10.1 Å². The van der Waals surface area contributed by atoms with Gasteiger partial charge in [0.25, 0.3) is 0 Å². The van der Waals surface area contributed by atoms with Gasteiger partial charge >= 0.3 is 0 Å². The summed E-state index contributed by atoms with van der Waals surface area (Å²) in [6.07, 6.45) is 6.36. The minimum atomic E-state index is 0.515. The molecular weight excluding hydrogens is 258 g/mol. The Labute approximate surface area is 119 Å². The summed E-state index contributed by atoms with van der Waals surface area (Å²) in [5.41, 5.74) is 7.01. The minimum absolute atomic E-state index is 0.515. The van der Waals surface area contributed by atoms with Gasteiger partial charge in [-0.3, -0.25) is 10.9 Å². The van der Waals surface area contributed by atoms with E-state index in [1.807, 2.05) is 24.3 Å². The molecule has 5 heteroatoms. The summed E-state index contributed by atoms with van der Waals surface area (Å²) in [6.45, 7) is 0. The number of anilines is 1. The Morgan fingerprint density at radius 1 is 1.26 bits per heavy atom. The van der Waals surface area contributed by atoms with Crippen LogP contribution in [-0.4, -0.2) is 18.3 Å². The predicted octanol–water partition coefficient (Wildman–Crippen LogP) is 2.82. The highest BCUT2D eigenvalue weighted by Crippen LogP contribution is 2.17. The smallest absolute Gasteiger partial charge is 0.185 e. The fourth-order valence-electron chi connectivity index (χ4n) is 2.30. The number of thiocarbonyl (C=S) groups is 1. The van der Waals surface area contributed by atoms with Crippen LogP contribution < -0.4 is 20.9 Å². The SMILES string of the molecule is COc1cccc(NNC(=S)NC2CCCCC2)c1. The van der Waals surface area contributed by atoms with Crippen molar-refractivity contribution in [1.29, 1.82) is 0 Å². The molecule has 2 rings (SSSR count). The summed E-state index contributed by atoms with van der Waals surface area (Å²) in [6, 6.07) is 8.22. The Morgan fingerprint density at radius 3 is 2.79 bits per heavy atom. The zero-order valence-electron chi connectivity index (χ0n) is 11.2. The second kappa shape index (κ2) is 7.19. The molecule has 1 aliphatic rings. The summed E-state index contributed by atoms with van der Waals surface area (Å²) in [4.78, 5) is 0. The quantitative estimate of drug-likeness (QED) is 0.584. The van der Waals surface area contributed by atoms with E-state index in [0.717, 1.165) is 11.4 Å². The van der Waals surface area contributed by atoms with Crippen molar-refractivity contribution in [3.05, 3.63) is 24.3 Å². The van der Waals surface area contributed by atoms with E-state index in [-0.39, 0.29) is 0 Å². The number of rotatable bonds is 4. The van der Waals surface area contributed by atoms with Crippen LogP contribution in [0, 0.1) is 0 Å². The molecule has 0 unspecified atom stereocenters. The van der Waals surface area contributed by atoms with Crippen molar-refractivity contribution in [2.75, 3.05) is 12.5 Å². The van der Waals surface area contributed by atoms with Crippen LogP contribution in [0.5, 0.6) is 5.75 Å². The highest BCUT2D eigenvalue weighted by Gasteiger charge is 2.13. The number of hydrogen-bond donors (Lipinski definition) is 3. The lowest BCUT2D eigenvalue weighted by molar-refractivity contribution is 0.412. The lowest BCUT2D eigenvalue weighted by Gasteiger charge is -2.24. The van der Waals surface area contributed by atoms with Crippen LogP contribution in [-0.2, 0) is 0 Å². The van der Waals surface area contributed by atoms with Crippen LogP contribution >= 0.6 is 12.2 Å². The second-order valence-corrected chi connectivity index (χ2v) is 5.20. The number of benzene rings is 1. The van der Waals surface area contributed by atoms with Gasteiger partial charge in [-0.05, 0) is 37.2 Å². The number of nitrogens with one attached hydrogen (secondary N) is 3. The molecule has 0 amide bonds. The van der Waals surface area contributed by atoms with Crippen LogP contribution in [0.15, 0.2) is 24.3 Å². The standard InChI is InChI=1S/C14H21N3OS/c1-18-13-9-5-8-12(10-13)16-17-14(19)15-11-6-3-2-4-7-11/h5,8-11,16H,2-4,6-7H2,1H3,(H2,15,17,19). The summed E-state index contributed by atoms with van der Waals surface area (Å²) in [5, 5.41) is 3.99. The molecule has 3 N–H and O–H groups in total. The molecule has 0 aromatic heterocycles. The van der Waals surface area contributed by atoms with E-state index in [1.54, 1.807) is 7.11 Å². The fourth-order valence-corrected chi connectivity index (χ4v) is 2.52. The van der Waals surface area contributed by atoms with E-state index >= 15 is 0 Å². The Bertz CT molecular complexity index is 419. The molecule has 0 atom stereocenters. The first-order valence-electron chi connectivity index (χ1n) is 6.74. The molecule has 19 heavy (non-hydrogen) atoms. The van der Waals surface area contributed by atoms with Gasteiger partial charge in [-0.2, -0.15) is 0 Å². The number of hydrazine groups is 1. The van der Waals surface area contributed by atoms with Crippen molar-refractivity contribution < 1.29 is 4.74 Å². The Hall–Kier alpha value is -1.49. The monoisotopic (exact) mass is 279 g/mol. The first kappa shape index (κ1) is 13.9. The third-order valence-corrected chi connectivity index (χ3v) is 3.55. The molecule has 0 radical (unpaired) electrons. The average Bonchev–Trinajstić information content (AvgIpc) is 2.46.